The maximum Gasteiger partial charge on any atom is 0.271 e. The Morgan fingerprint density at radius 2 is 2.27 bits per heavy atom. The Hall–Kier alpha value is -1.92. The van der Waals surface area contributed by atoms with Crippen molar-refractivity contribution in [3.8, 4) is 0 Å². The number of hydrogen-bond donors (Lipinski definition) is 1. The van der Waals surface area contributed by atoms with Gasteiger partial charge in [-0.15, -0.1) is 11.3 Å². The number of hydrogen-bond acceptors (Lipinski definition) is 4. The highest BCUT2D eigenvalue weighted by Crippen LogP contribution is 2.20. The third-order valence-electron chi connectivity index (χ3n) is 3.53. The first kappa shape index (κ1) is 15.0. The number of carbonyl (C=O) groups excluding carboxylic acids is 2. The summed E-state index contributed by atoms with van der Waals surface area (Å²) in [5.41, 5.74) is 2.91. The Morgan fingerprint density at radius 1 is 1.45 bits per heavy atom. The van der Waals surface area contributed by atoms with E-state index in [1.54, 1.807) is 21.9 Å². The van der Waals surface area contributed by atoms with Gasteiger partial charge in [-0.3, -0.25) is 9.59 Å². The monoisotopic (exact) mass is 335 g/mol. The molecule has 0 radical (unpaired) electrons. The van der Waals surface area contributed by atoms with Gasteiger partial charge in [0.25, 0.3) is 5.91 Å². The van der Waals surface area contributed by atoms with Crippen molar-refractivity contribution in [3.63, 3.8) is 0 Å². The smallest absolute Gasteiger partial charge is 0.271 e. The number of halogens is 1. The van der Waals surface area contributed by atoms with E-state index in [0.717, 1.165) is 5.56 Å². The van der Waals surface area contributed by atoms with Crippen LogP contribution in [0.3, 0.4) is 0 Å². The molecule has 22 heavy (non-hydrogen) atoms. The molecule has 1 fully saturated rings. The zero-order valence-electron chi connectivity index (χ0n) is 11.7. The predicted molar refractivity (Wildman–Crippen MR) is 84.9 cm³/mol. The van der Waals surface area contributed by atoms with Gasteiger partial charge in [0, 0.05) is 29.9 Å². The van der Waals surface area contributed by atoms with Crippen LogP contribution in [0.25, 0.3) is 0 Å². The average Bonchev–Trinajstić information content (AvgIpc) is 3.12. The molecular weight excluding hydrogens is 322 g/mol. The lowest BCUT2D eigenvalue weighted by molar-refractivity contribution is -0.128. The first-order valence-corrected chi connectivity index (χ1v) is 8.16. The fraction of sp³-hybridized carbons (Fsp3) is 0.267. The molecule has 1 aliphatic heterocycles. The van der Waals surface area contributed by atoms with E-state index in [-0.39, 0.29) is 17.9 Å². The maximum absolute atomic E-state index is 12.1. The molecule has 0 spiro atoms. The normalized spacial score (nSPS) is 17.8. The van der Waals surface area contributed by atoms with Crippen LogP contribution < -0.4 is 5.32 Å². The second-order valence-corrected chi connectivity index (χ2v) is 6.24. The van der Waals surface area contributed by atoms with E-state index in [2.05, 4.69) is 10.3 Å². The van der Waals surface area contributed by atoms with Crippen LogP contribution in [0.2, 0.25) is 5.02 Å². The first-order valence-electron chi connectivity index (χ1n) is 6.83. The molecule has 2 amide bonds. The number of nitrogens with zero attached hydrogens (tertiary/aromatic N) is 2. The van der Waals surface area contributed by atoms with E-state index >= 15 is 0 Å². The van der Waals surface area contributed by atoms with Crippen LogP contribution in [0.1, 0.15) is 22.5 Å². The molecule has 7 heteroatoms. The number of benzene rings is 1. The summed E-state index contributed by atoms with van der Waals surface area (Å²) in [6.45, 7) is 0.946. The molecule has 2 aromatic rings. The van der Waals surface area contributed by atoms with Gasteiger partial charge in [0.1, 0.15) is 5.69 Å². The number of carbonyl (C=O) groups is 2. The Kier molecular flexibility index (Phi) is 4.40. The number of amides is 2. The summed E-state index contributed by atoms with van der Waals surface area (Å²) in [7, 11) is 0. The van der Waals surface area contributed by atoms with Gasteiger partial charge in [-0.1, -0.05) is 29.8 Å². The van der Waals surface area contributed by atoms with Gasteiger partial charge in [0.15, 0.2) is 0 Å². The van der Waals surface area contributed by atoms with Gasteiger partial charge in [0.2, 0.25) is 5.91 Å². The van der Waals surface area contributed by atoms with Crippen molar-refractivity contribution in [1.29, 1.82) is 0 Å². The SMILES string of the molecule is O=C(N[C@@H]1CC(=O)N(Cc2ccccc2Cl)C1)c1cscn1. The molecule has 1 saturated heterocycles. The van der Waals surface area contributed by atoms with Crippen LogP contribution >= 0.6 is 22.9 Å². The van der Waals surface area contributed by atoms with Gasteiger partial charge in [-0.05, 0) is 11.6 Å². The Bertz CT molecular complexity index is 690. The number of rotatable bonds is 4. The summed E-state index contributed by atoms with van der Waals surface area (Å²) in [6, 6.07) is 7.26. The fourth-order valence-corrected chi connectivity index (χ4v) is 3.17. The van der Waals surface area contributed by atoms with Gasteiger partial charge in [0.05, 0.1) is 11.6 Å². The highest BCUT2D eigenvalue weighted by Gasteiger charge is 2.31. The van der Waals surface area contributed by atoms with E-state index in [0.29, 0.717) is 30.2 Å². The van der Waals surface area contributed by atoms with Crippen molar-refractivity contribution in [1.82, 2.24) is 15.2 Å². The molecule has 0 saturated carbocycles. The molecule has 0 aliphatic carbocycles. The zero-order chi connectivity index (χ0) is 15.5. The quantitative estimate of drug-likeness (QED) is 0.932. The molecular formula is C15H14ClN3O2S. The summed E-state index contributed by atoms with van der Waals surface area (Å²) in [5.74, 6) is -0.220. The summed E-state index contributed by atoms with van der Waals surface area (Å²) in [5, 5.41) is 5.18. The largest absolute Gasteiger partial charge is 0.346 e. The second-order valence-electron chi connectivity index (χ2n) is 5.11. The molecule has 1 atom stereocenters. The van der Waals surface area contributed by atoms with Crippen molar-refractivity contribution in [2.24, 2.45) is 0 Å². The van der Waals surface area contributed by atoms with Crippen molar-refractivity contribution in [2.75, 3.05) is 6.54 Å². The standard InChI is InChI=1S/C15H14ClN3O2S/c16-12-4-2-1-3-10(12)6-19-7-11(5-14(19)20)18-15(21)13-8-22-9-17-13/h1-4,8-9,11H,5-7H2,(H,18,21)/t11-/m1/s1. The van der Waals surface area contributed by atoms with E-state index in [9.17, 15) is 9.59 Å². The van der Waals surface area contributed by atoms with Crippen molar-refractivity contribution in [3.05, 3.63) is 51.4 Å². The van der Waals surface area contributed by atoms with Gasteiger partial charge < -0.3 is 10.2 Å². The van der Waals surface area contributed by atoms with Crippen molar-refractivity contribution in [2.45, 2.75) is 19.0 Å². The summed E-state index contributed by atoms with van der Waals surface area (Å²) in [6.07, 6.45) is 0.306. The van der Waals surface area contributed by atoms with Crippen LogP contribution in [0, 0.1) is 0 Å². The van der Waals surface area contributed by atoms with E-state index in [4.69, 9.17) is 11.6 Å². The molecule has 1 aromatic heterocycles. The van der Waals surface area contributed by atoms with Crippen molar-refractivity contribution >= 4 is 34.8 Å². The number of likely N-dealkylation sites (tertiary alicyclic amines) is 1. The number of aromatic nitrogens is 1. The molecule has 2 heterocycles. The minimum Gasteiger partial charge on any atom is -0.346 e. The predicted octanol–water partition coefficient (Wildman–Crippen LogP) is 2.33. The van der Waals surface area contributed by atoms with Crippen LogP contribution in [0.4, 0.5) is 0 Å². The summed E-state index contributed by atoms with van der Waals surface area (Å²) in [4.78, 5) is 29.7. The molecule has 0 unspecified atom stereocenters. The molecule has 1 aliphatic rings. The van der Waals surface area contributed by atoms with Crippen LogP contribution in [0.5, 0.6) is 0 Å². The third kappa shape index (κ3) is 3.28. The minimum atomic E-state index is -0.237. The lowest BCUT2D eigenvalue weighted by Gasteiger charge is -2.17. The second kappa shape index (κ2) is 6.46. The van der Waals surface area contributed by atoms with E-state index in [1.165, 1.54) is 11.3 Å². The zero-order valence-corrected chi connectivity index (χ0v) is 13.2. The van der Waals surface area contributed by atoms with Gasteiger partial charge in [-0.25, -0.2) is 4.98 Å². The molecule has 0 bridgehead atoms. The lowest BCUT2D eigenvalue weighted by atomic mass is 10.2. The van der Waals surface area contributed by atoms with Crippen LogP contribution in [-0.4, -0.2) is 34.3 Å². The summed E-state index contributed by atoms with van der Waals surface area (Å²) < 4.78 is 0. The summed E-state index contributed by atoms with van der Waals surface area (Å²) >= 11 is 7.49. The van der Waals surface area contributed by atoms with Crippen molar-refractivity contribution < 1.29 is 9.59 Å². The van der Waals surface area contributed by atoms with E-state index in [1.807, 2.05) is 18.2 Å². The number of thiazole rings is 1. The molecule has 3 rings (SSSR count). The lowest BCUT2D eigenvalue weighted by Crippen LogP contribution is -2.37. The third-order valence-corrected chi connectivity index (χ3v) is 4.49. The fourth-order valence-electron chi connectivity index (χ4n) is 2.44. The Balaban J connectivity index is 1.61. The van der Waals surface area contributed by atoms with Crippen LogP contribution in [-0.2, 0) is 11.3 Å². The maximum atomic E-state index is 12.1. The highest BCUT2D eigenvalue weighted by molar-refractivity contribution is 7.07. The molecule has 1 N–H and O–H groups in total. The van der Waals surface area contributed by atoms with Gasteiger partial charge >= 0.3 is 0 Å². The molecule has 1 aromatic carbocycles. The molecule has 5 nitrogen and oxygen atoms in total. The van der Waals surface area contributed by atoms with Crippen LogP contribution in [0.15, 0.2) is 35.2 Å². The first-order chi connectivity index (χ1) is 10.6. The van der Waals surface area contributed by atoms with E-state index < -0.39 is 0 Å². The minimum absolute atomic E-state index is 0.0171. The average molecular weight is 336 g/mol. The molecule has 114 valence electrons. The Morgan fingerprint density at radius 3 is 3.00 bits per heavy atom. The van der Waals surface area contributed by atoms with Gasteiger partial charge in [-0.2, -0.15) is 0 Å². The highest BCUT2D eigenvalue weighted by atomic mass is 35.5. The number of nitrogens with one attached hydrogen (secondary N) is 1. The topological polar surface area (TPSA) is 62.3 Å². The Labute approximate surface area is 136 Å².